The highest BCUT2D eigenvalue weighted by Gasteiger charge is 2.49. The molecule has 5 nitrogen and oxygen atoms in total. The third-order valence-corrected chi connectivity index (χ3v) is 6.73. The van der Waals surface area contributed by atoms with Crippen LogP contribution in [0.4, 0.5) is 0 Å². The number of nitrogens with zero attached hydrogens (tertiary/aromatic N) is 1. The van der Waals surface area contributed by atoms with Crippen LogP contribution in [0.5, 0.6) is 5.75 Å². The van der Waals surface area contributed by atoms with E-state index < -0.39 is 12.1 Å². The van der Waals surface area contributed by atoms with E-state index in [1.165, 1.54) is 38.2 Å². The molecule has 0 spiro atoms. The topological polar surface area (TPSA) is 70.0 Å². The molecule has 0 heterocycles. The molecule has 26 heavy (non-hydrogen) atoms. The first-order valence-corrected chi connectivity index (χ1v) is 9.84. The normalized spacial score (nSPS) is 33.4. The molecule has 1 unspecified atom stereocenters. The zero-order chi connectivity index (χ0) is 18.3. The quantitative estimate of drug-likeness (QED) is 0.783. The molecule has 5 rings (SSSR count). The van der Waals surface area contributed by atoms with E-state index in [-0.39, 0.29) is 12.2 Å². The number of likely N-dealkylation sites (N-methyl/N-ethyl adjacent to an activating group) is 1. The van der Waals surface area contributed by atoms with E-state index in [4.69, 9.17) is 4.74 Å². The van der Waals surface area contributed by atoms with Crippen molar-refractivity contribution in [3.05, 3.63) is 29.8 Å². The second-order valence-corrected chi connectivity index (χ2v) is 8.63. The smallest absolute Gasteiger partial charge is 0.339 e. The van der Waals surface area contributed by atoms with E-state index in [0.717, 1.165) is 23.7 Å². The highest BCUT2D eigenvalue weighted by atomic mass is 16.5. The summed E-state index contributed by atoms with van der Waals surface area (Å²) in [7, 11) is 2.13. The van der Waals surface area contributed by atoms with Crippen LogP contribution < -0.4 is 4.74 Å². The van der Waals surface area contributed by atoms with Crippen molar-refractivity contribution < 1.29 is 19.7 Å². The Morgan fingerprint density at radius 3 is 2.38 bits per heavy atom. The van der Waals surface area contributed by atoms with Gasteiger partial charge in [0.05, 0.1) is 0 Å². The molecule has 4 aliphatic rings. The Labute approximate surface area is 155 Å². The Hall–Kier alpha value is -1.59. The number of aromatic carboxylic acids is 1. The Morgan fingerprint density at radius 1 is 1.15 bits per heavy atom. The van der Waals surface area contributed by atoms with E-state index in [0.29, 0.717) is 18.3 Å². The molecule has 4 bridgehead atoms. The predicted molar refractivity (Wildman–Crippen MR) is 98.4 cm³/mol. The maximum Gasteiger partial charge on any atom is 0.339 e. The van der Waals surface area contributed by atoms with E-state index in [1.807, 2.05) is 0 Å². The summed E-state index contributed by atoms with van der Waals surface area (Å²) in [5.74, 6) is 2.78. The van der Waals surface area contributed by atoms with Gasteiger partial charge < -0.3 is 19.8 Å². The van der Waals surface area contributed by atoms with Crippen LogP contribution >= 0.6 is 0 Å². The molecule has 1 atom stereocenters. The number of carboxylic acid groups (broad SMARTS) is 1. The first-order valence-electron chi connectivity index (χ1n) is 9.84. The highest BCUT2D eigenvalue weighted by molar-refractivity contribution is 5.90. The van der Waals surface area contributed by atoms with Gasteiger partial charge in [-0.25, -0.2) is 4.79 Å². The number of benzene rings is 1. The summed E-state index contributed by atoms with van der Waals surface area (Å²) >= 11 is 0. The second-order valence-electron chi connectivity index (χ2n) is 8.63. The zero-order valence-electron chi connectivity index (χ0n) is 15.4. The Morgan fingerprint density at radius 2 is 1.77 bits per heavy atom. The highest BCUT2D eigenvalue weighted by Crippen LogP contribution is 2.54. The molecule has 4 aliphatic carbocycles. The molecule has 4 saturated carbocycles. The second kappa shape index (κ2) is 7.20. The number of hydrogen-bond donors (Lipinski definition) is 2. The summed E-state index contributed by atoms with van der Waals surface area (Å²) < 4.78 is 5.61. The fraction of sp³-hybridized carbons (Fsp3) is 0.667. The van der Waals surface area contributed by atoms with Gasteiger partial charge in [-0.1, -0.05) is 12.1 Å². The number of aliphatic hydroxyl groups is 1. The lowest BCUT2D eigenvalue weighted by molar-refractivity contribution is -0.0685. The summed E-state index contributed by atoms with van der Waals surface area (Å²) in [6, 6.07) is 7.16. The lowest BCUT2D eigenvalue weighted by Crippen LogP contribution is -2.56. The van der Waals surface area contributed by atoms with Crippen LogP contribution in [0.15, 0.2) is 24.3 Å². The van der Waals surface area contributed by atoms with Gasteiger partial charge in [-0.15, -0.1) is 0 Å². The molecule has 0 amide bonds. The van der Waals surface area contributed by atoms with Crippen LogP contribution in [0.25, 0.3) is 0 Å². The van der Waals surface area contributed by atoms with Crippen molar-refractivity contribution in [2.75, 3.05) is 20.2 Å². The van der Waals surface area contributed by atoms with Gasteiger partial charge in [-0.3, -0.25) is 0 Å². The van der Waals surface area contributed by atoms with E-state index in [1.54, 1.807) is 18.2 Å². The Kier molecular flexibility index (Phi) is 4.93. The van der Waals surface area contributed by atoms with Gasteiger partial charge in [0, 0.05) is 12.6 Å². The van der Waals surface area contributed by atoms with Gasteiger partial charge in [0.15, 0.2) is 0 Å². The molecular formula is C21H29NO4. The van der Waals surface area contributed by atoms with Gasteiger partial charge in [0.2, 0.25) is 0 Å². The molecule has 0 aromatic heterocycles. The van der Waals surface area contributed by atoms with Crippen molar-refractivity contribution in [2.24, 2.45) is 23.7 Å². The molecule has 1 aromatic carbocycles. The van der Waals surface area contributed by atoms with Crippen LogP contribution in [-0.2, 0) is 0 Å². The fourth-order valence-corrected chi connectivity index (χ4v) is 6.08. The maximum absolute atomic E-state index is 11.2. The van der Waals surface area contributed by atoms with Crippen LogP contribution in [0.3, 0.4) is 0 Å². The van der Waals surface area contributed by atoms with Gasteiger partial charge in [-0.05, 0) is 75.0 Å². The average Bonchev–Trinajstić information content (AvgIpc) is 2.59. The lowest BCUT2D eigenvalue weighted by Gasteiger charge is -2.57. The lowest BCUT2D eigenvalue weighted by atomic mass is 9.54. The van der Waals surface area contributed by atoms with Crippen molar-refractivity contribution >= 4 is 5.97 Å². The molecule has 0 saturated heterocycles. The molecule has 2 N–H and O–H groups in total. The molecule has 0 aliphatic heterocycles. The molecule has 142 valence electrons. The summed E-state index contributed by atoms with van der Waals surface area (Å²) in [6.07, 6.45) is 6.27. The summed E-state index contributed by atoms with van der Waals surface area (Å²) in [6.45, 7) is 0.685. The number of para-hydroxylation sites is 1. The number of rotatable bonds is 7. The standard InChI is InChI=1S/C21H29NO4/c1-22(20-15-7-13-6-14(9-15)10-16(20)8-13)11-17(23)12-26-19-5-3-2-4-18(19)21(24)25/h2-5,13-17,20,23H,6-12H2,1H3,(H,24,25). The van der Waals surface area contributed by atoms with Crippen LogP contribution in [0.1, 0.15) is 42.5 Å². The summed E-state index contributed by atoms with van der Waals surface area (Å²) in [5.41, 5.74) is 0.133. The minimum Gasteiger partial charge on any atom is -0.490 e. The minimum absolute atomic E-state index is 0.113. The van der Waals surface area contributed by atoms with Gasteiger partial charge in [0.25, 0.3) is 0 Å². The van der Waals surface area contributed by atoms with Crippen LogP contribution in [0.2, 0.25) is 0 Å². The summed E-state index contributed by atoms with van der Waals surface area (Å²) in [4.78, 5) is 13.6. The van der Waals surface area contributed by atoms with E-state index >= 15 is 0 Å². The molecule has 1 aromatic rings. The van der Waals surface area contributed by atoms with Crippen molar-refractivity contribution in [1.82, 2.24) is 4.90 Å². The molecule has 5 heteroatoms. The first-order chi connectivity index (χ1) is 12.5. The van der Waals surface area contributed by atoms with E-state index in [2.05, 4.69) is 11.9 Å². The van der Waals surface area contributed by atoms with Crippen molar-refractivity contribution in [3.8, 4) is 5.75 Å². The third-order valence-electron chi connectivity index (χ3n) is 6.73. The van der Waals surface area contributed by atoms with Gasteiger partial charge in [-0.2, -0.15) is 0 Å². The van der Waals surface area contributed by atoms with Crippen LogP contribution in [0, 0.1) is 23.7 Å². The van der Waals surface area contributed by atoms with E-state index in [9.17, 15) is 15.0 Å². The Balaban J connectivity index is 1.32. The van der Waals surface area contributed by atoms with Gasteiger partial charge in [0.1, 0.15) is 24.0 Å². The summed E-state index contributed by atoms with van der Waals surface area (Å²) in [5, 5.41) is 19.7. The number of aliphatic hydroxyl groups excluding tert-OH is 1. The number of ether oxygens (including phenoxy) is 1. The molecule has 0 radical (unpaired) electrons. The first kappa shape index (κ1) is 17.8. The van der Waals surface area contributed by atoms with Crippen molar-refractivity contribution in [3.63, 3.8) is 0 Å². The largest absolute Gasteiger partial charge is 0.490 e. The maximum atomic E-state index is 11.2. The Bertz CT molecular complexity index is 633. The predicted octanol–water partition coefficient (Wildman–Crippen LogP) is 2.88. The van der Waals surface area contributed by atoms with Crippen LogP contribution in [-0.4, -0.2) is 53.4 Å². The number of hydrogen-bond acceptors (Lipinski definition) is 4. The molecular weight excluding hydrogens is 330 g/mol. The zero-order valence-corrected chi connectivity index (χ0v) is 15.4. The van der Waals surface area contributed by atoms with Crippen molar-refractivity contribution in [2.45, 2.75) is 44.2 Å². The fourth-order valence-electron chi connectivity index (χ4n) is 6.08. The SMILES string of the molecule is CN(CC(O)COc1ccccc1C(=O)O)C1C2CC3CC(C2)CC1C3. The monoisotopic (exact) mass is 359 g/mol. The van der Waals surface area contributed by atoms with Gasteiger partial charge >= 0.3 is 5.97 Å². The number of carbonyl (C=O) groups is 1. The third kappa shape index (κ3) is 3.47. The average molecular weight is 359 g/mol. The molecule has 4 fully saturated rings. The number of carboxylic acids is 1. The minimum atomic E-state index is -1.01. The van der Waals surface area contributed by atoms with Crippen molar-refractivity contribution in [1.29, 1.82) is 0 Å².